The molecular formula is C19H21N3O2S3. The molecule has 0 bridgehead atoms. The maximum absolute atomic E-state index is 12.3. The van der Waals surface area contributed by atoms with Gasteiger partial charge in [-0.15, -0.1) is 32.9 Å². The molecule has 0 saturated carbocycles. The molecule has 3 heterocycles. The number of aryl methyl sites for hydroxylation is 1. The van der Waals surface area contributed by atoms with Gasteiger partial charge in [0.1, 0.15) is 0 Å². The number of amides is 1. The second-order valence-corrected chi connectivity index (χ2v) is 10.3. The molecule has 0 radical (unpaired) electrons. The Kier molecular flexibility index (Phi) is 5.66. The quantitative estimate of drug-likeness (QED) is 0.582. The maximum Gasteiger partial charge on any atom is 0.277 e. The fourth-order valence-corrected chi connectivity index (χ4v) is 5.59. The van der Waals surface area contributed by atoms with Crippen LogP contribution < -0.4 is 5.32 Å². The molecule has 1 aliphatic carbocycles. The topological polar surface area (TPSA) is 68.0 Å². The Hall–Kier alpha value is -1.64. The van der Waals surface area contributed by atoms with Gasteiger partial charge in [0.2, 0.25) is 5.91 Å². The van der Waals surface area contributed by atoms with Gasteiger partial charge in [-0.2, -0.15) is 0 Å². The van der Waals surface area contributed by atoms with E-state index >= 15 is 0 Å². The van der Waals surface area contributed by atoms with Crippen molar-refractivity contribution in [3.63, 3.8) is 0 Å². The van der Waals surface area contributed by atoms with E-state index in [2.05, 4.69) is 28.5 Å². The van der Waals surface area contributed by atoms with E-state index in [9.17, 15) is 4.79 Å². The molecule has 1 N–H and O–H groups in total. The van der Waals surface area contributed by atoms with E-state index in [4.69, 9.17) is 4.42 Å². The van der Waals surface area contributed by atoms with Crippen LogP contribution >= 0.6 is 34.4 Å². The number of thiophene rings is 2. The van der Waals surface area contributed by atoms with Crippen LogP contribution in [0, 0.1) is 5.92 Å². The third-order valence-electron chi connectivity index (χ3n) is 4.61. The van der Waals surface area contributed by atoms with E-state index in [1.54, 1.807) is 22.7 Å². The summed E-state index contributed by atoms with van der Waals surface area (Å²) in [7, 11) is 0. The fourth-order valence-electron chi connectivity index (χ4n) is 3.10. The van der Waals surface area contributed by atoms with Crippen LogP contribution in [0.25, 0.3) is 10.8 Å². The molecule has 0 fully saturated rings. The lowest BCUT2D eigenvalue weighted by atomic mass is 9.90. The first-order valence-electron chi connectivity index (χ1n) is 9.00. The molecule has 0 spiro atoms. The zero-order valence-corrected chi connectivity index (χ0v) is 17.7. The van der Waals surface area contributed by atoms with Crippen LogP contribution in [0.3, 0.4) is 0 Å². The first-order valence-corrected chi connectivity index (χ1v) is 11.6. The van der Waals surface area contributed by atoms with Crippen molar-refractivity contribution in [3.8, 4) is 10.8 Å². The summed E-state index contributed by atoms with van der Waals surface area (Å²) in [5.74, 6) is 1.26. The highest BCUT2D eigenvalue weighted by atomic mass is 32.2. The van der Waals surface area contributed by atoms with Crippen LogP contribution in [-0.2, 0) is 24.2 Å². The summed E-state index contributed by atoms with van der Waals surface area (Å²) in [6.07, 6.45) is 3.51. The molecule has 4 rings (SSSR count). The van der Waals surface area contributed by atoms with Crippen molar-refractivity contribution in [2.75, 3.05) is 0 Å². The molecule has 1 aliphatic rings. The van der Waals surface area contributed by atoms with Crippen molar-refractivity contribution in [2.45, 2.75) is 50.1 Å². The van der Waals surface area contributed by atoms with Crippen molar-refractivity contribution in [1.82, 2.24) is 15.5 Å². The van der Waals surface area contributed by atoms with Gasteiger partial charge in [0, 0.05) is 9.75 Å². The molecule has 0 aliphatic heterocycles. The maximum atomic E-state index is 12.3. The number of carbonyl (C=O) groups is 1. The zero-order chi connectivity index (χ0) is 18.8. The number of nitrogens with zero attached hydrogens (tertiary/aromatic N) is 2. The van der Waals surface area contributed by atoms with Crippen molar-refractivity contribution in [1.29, 1.82) is 0 Å². The number of hydrogen-bond acceptors (Lipinski definition) is 7. The lowest BCUT2D eigenvalue weighted by Crippen LogP contribution is -2.30. The number of carbonyl (C=O) groups excluding carboxylic acids is 1. The van der Waals surface area contributed by atoms with Crippen molar-refractivity contribution < 1.29 is 9.21 Å². The van der Waals surface area contributed by atoms with Gasteiger partial charge >= 0.3 is 0 Å². The van der Waals surface area contributed by atoms with Crippen LogP contribution in [0.1, 0.15) is 35.6 Å². The molecule has 3 aromatic heterocycles. The molecule has 0 saturated heterocycles. The predicted molar refractivity (Wildman–Crippen MR) is 110 cm³/mol. The Morgan fingerprint density at radius 1 is 1.48 bits per heavy atom. The minimum atomic E-state index is -0.296. The highest BCUT2D eigenvalue weighted by Crippen LogP contribution is 2.37. The molecule has 5 nitrogen and oxygen atoms in total. The number of rotatable bonds is 6. The highest BCUT2D eigenvalue weighted by molar-refractivity contribution is 8.00. The van der Waals surface area contributed by atoms with Gasteiger partial charge in [-0.3, -0.25) is 4.79 Å². The molecule has 8 heteroatoms. The van der Waals surface area contributed by atoms with Crippen LogP contribution in [0.5, 0.6) is 0 Å². The van der Waals surface area contributed by atoms with Crippen molar-refractivity contribution in [3.05, 3.63) is 38.9 Å². The van der Waals surface area contributed by atoms with Crippen LogP contribution in [0.4, 0.5) is 0 Å². The molecule has 1 amide bonds. The van der Waals surface area contributed by atoms with Gasteiger partial charge in [0.15, 0.2) is 0 Å². The van der Waals surface area contributed by atoms with E-state index in [1.807, 2.05) is 24.4 Å². The van der Waals surface area contributed by atoms with E-state index < -0.39 is 0 Å². The second-order valence-electron chi connectivity index (χ2n) is 6.84. The summed E-state index contributed by atoms with van der Waals surface area (Å²) in [6, 6.07) is 6.18. The third-order valence-corrected chi connectivity index (χ3v) is 7.65. The Labute approximate surface area is 170 Å². The molecular weight excluding hydrogens is 398 g/mol. The van der Waals surface area contributed by atoms with Crippen LogP contribution in [-0.4, -0.2) is 21.4 Å². The standard InChI is InChI=1S/C19H21N3O2S3/c1-11-5-6-15-13(8-11)9-16(27-15)18-21-22-19(24-18)26-12(2)17(23)20-10-14-4-3-7-25-14/h3-4,7,9,11-12H,5-6,8,10H2,1-2H3,(H,20,23)/t11-,12+/m0/s1. The Morgan fingerprint density at radius 3 is 3.19 bits per heavy atom. The Bertz CT molecular complexity index is 917. The molecule has 0 unspecified atom stereocenters. The Balaban J connectivity index is 1.37. The number of thioether (sulfide) groups is 1. The third kappa shape index (κ3) is 4.44. The first kappa shape index (κ1) is 18.7. The van der Waals surface area contributed by atoms with Gasteiger partial charge < -0.3 is 9.73 Å². The van der Waals surface area contributed by atoms with Crippen LogP contribution in [0.15, 0.2) is 33.2 Å². The molecule has 3 aromatic rings. The average molecular weight is 420 g/mol. The minimum absolute atomic E-state index is 0.0336. The van der Waals surface area contributed by atoms with E-state index in [-0.39, 0.29) is 11.2 Å². The molecule has 142 valence electrons. The minimum Gasteiger partial charge on any atom is -0.410 e. The summed E-state index contributed by atoms with van der Waals surface area (Å²) >= 11 is 4.68. The molecule has 0 aromatic carbocycles. The summed E-state index contributed by atoms with van der Waals surface area (Å²) in [6.45, 7) is 4.70. The number of nitrogens with one attached hydrogen (secondary N) is 1. The Morgan fingerprint density at radius 2 is 2.37 bits per heavy atom. The highest BCUT2D eigenvalue weighted by Gasteiger charge is 2.22. The zero-order valence-electron chi connectivity index (χ0n) is 15.2. The van der Waals surface area contributed by atoms with Crippen molar-refractivity contribution >= 4 is 40.3 Å². The molecule has 2 atom stereocenters. The van der Waals surface area contributed by atoms with Crippen molar-refractivity contribution in [2.24, 2.45) is 5.92 Å². The normalized spacial score (nSPS) is 17.5. The monoisotopic (exact) mass is 419 g/mol. The lowest BCUT2D eigenvalue weighted by Gasteiger charge is -2.16. The van der Waals surface area contributed by atoms with Gasteiger partial charge in [-0.25, -0.2) is 0 Å². The van der Waals surface area contributed by atoms with Crippen LogP contribution in [0.2, 0.25) is 0 Å². The van der Waals surface area contributed by atoms with E-state index in [1.165, 1.54) is 28.6 Å². The van der Waals surface area contributed by atoms with E-state index in [0.717, 1.165) is 28.5 Å². The largest absolute Gasteiger partial charge is 0.410 e. The van der Waals surface area contributed by atoms with Gasteiger partial charge in [-0.1, -0.05) is 24.8 Å². The summed E-state index contributed by atoms with van der Waals surface area (Å²) < 4.78 is 5.82. The average Bonchev–Trinajstić information content (AvgIpc) is 3.39. The van der Waals surface area contributed by atoms with Gasteiger partial charge in [0.05, 0.1) is 16.7 Å². The fraction of sp³-hybridized carbons (Fsp3) is 0.421. The molecule has 27 heavy (non-hydrogen) atoms. The SMILES string of the molecule is C[C@H]1CCc2sc(-c3nnc(S[C@H](C)C(=O)NCc4cccs4)o3)cc2C1. The smallest absolute Gasteiger partial charge is 0.277 e. The summed E-state index contributed by atoms with van der Waals surface area (Å²) in [5, 5.41) is 13.4. The number of aromatic nitrogens is 2. The van der Waals surface area contributed by atoms with Gasteiger partial charge in [-0.05, 0) is 55.2 Å². The second kappa shape index (κ2) is 8.16. The first-order chi connectivity index (χ1) is 13.1. The summed E-state index contributed by atoms with van der Waals surface area (Å²) in [5.41, 5.74) is 1.42. The predicted octanol–water partition coefficient (Wildman–Crippen LogP) is 4.78. The van der Waals surface area contributed by atoms with E-state index in [0.29, 0.717) is 17.7 Å². The number of hydrogen-bond donors (Lipinski definition) is 1. The lowest BCUT2D eigenvalue weighted by molar-refractivity contribution is -0.120. The van der Waals surface area contributed by atoms with Gasteiger partial charge in [0.25, 0.3) is 11.1 Å². The number of fused-ring (bicyclic) bond motifs is 1. The summed E-state index contributed by atoms with van der Waals surface area (Å²) in [4.78, 5) is 15.9.